The van der Waals surface area contributed by atoms with Gasteiger partial charge >= 0.3 is 0 Å². The van der Waals surface area contributed by atoms with Gasteiger partial charge in [0.05, 0.1) is 5.52 Å². The molecule has 0 saturated carbocycles. The van der Waals surface area contributed by atoms with Crippen molar-refractivity contribution < 1.29 is 4.79 Å². The number of hydrogen-bond donors (Lipinski definition) is 1. The Morgan fingerprint density at radius 3 is 2.48 bits per heavy atom. The molecule has 1 N–H and O–H groups in total. The van der Waals surface area contributed by atoms with Gasteiger partial charge in [-0.05, 0) is 49.8 Å². The van der Waals surface area contributed by atoms with Crippen LogP contribution in [-0.2, 0) is 6.54 Å². The Morgan fingerprint density at radius 1 is 1.10 bits per heavy atom. The van der Waals surface area contributed by atoms with Gasteiger partial charge < -0.3 is 14.8 Å². The quantitative estimate of drug-likeness (QED) is 0.474. The van der Waals surface area contributed by atoms with Gasteiger partial charge in [0.15, 0.2) is 0 Å². The van der Waals surface area contributed by atoms with Crippen LogP contribution >= 0.6 is 24.0 Å². The molecule has 0 aliphatic heterocycles. The smallest absolute Gasteiger partial charge is 0.256 e. The molecule has 31 heavy (non-hydrogen) atoms. The molecule has 0 aliphatic carbocycles. The van der Waals surface area contributed by atoms with E-state index in [1.807, 2.05) is 34.9 Å². The van der Waals surface area contributed by atoms with Gasteiger partial charge in [-0.25, -0.2) is 0 Å². The molecular formula is C24H29Cl2N3O2. The van der Waals surface area contributed by atoms with Gasteiger partial charge in [-0.3, -0.25) is 9.59 Å². The summed E-state index contributed by atoms with van der Waals surface area (Å²) in [7, 11) is 0. The van der Waals surface area contributed by atoms with E-state index < -0.39 is 0 Å². The first-order valence-corrected chi connectivity index (χ1v) is 10.8. The van der Waals surface area contributed by atoms with Crippen LogP contribution in [0, 0.1) is 0 Å². The lowest BCUT2D eigenvalue weighted by Crippen LogP contribution is -2.33. The second-order valence-corrected chi connectivity index (χ2v) is 7.72. The molecule has 0 saturated heterocycles. The number of amides is 1. The number of pyridine rings is 1. The van der Waals surface area contributed by atoms with Crippen LogP contribution in [0.1, 0.15) is 36.2 Å². The van der Waals surface area contributed by atoms with E-state index in [9.17, 15) is 9.59 Å². The van der Waals surface area contributed by atoms with Crippen LogP contribution in [0.3, 0.4) is 0 Å². The van der Waals surface area contributed by atoms with Crippen LogP contribution < -0.4 is 10.7 Å². The van der Waals surface area contributed by atoms with Crippen molar-refractivity contribution in [3.05, 3.63) is 81.1 Å². The van der Waals surface area contributed by atoms with E-state index in [2.05, 4.69) is 24.1 Å². The minimum absolute atomic E-state index is 0. The number of rotatable bonds is 9. The predicted molar refractivity (Wildman–Crippen MR) is 131 cm³/mol. The molecule has 3 rings (SSSR count). The van der Waals surface area contributed by atoms with Crippen LogP contribution in [0.4, 0.5) is 0 Å². The molecule has 5 nitrogen and oxygen atoms in total. The number of carbonyl (C=O) groups is 1. The van der Waals surface area contributed by atoms with Crippen molar-refractivity contribution in [1.29, 1.82) is 0 Å². The average molecular weight is 462 g/mol. The molecule has 0 bridgehead atoms. The summed E-state index contributed by atoms with van der Waals surface area (Å²) in [6, 6.07) is 15.1. The molecule has 0 atom stereocenters. The minimum atomic E-state index is -0.335. The molecule has 7 heteroatoms. The maximum atomic E-state index is 13.0. The number of nitrogens with zero attached hydrogens (tertiary/aromatic N) is 2. The summed E-state index contributed by atoms with van der Waals surface area (Å²) >= 11 is 6.18. The first kappa shape index (κ1) is 24.9. The number of hydrogen-bond acceptors (Lipinski definition) is 3. The van der Waals surface area contributed by atoms with Gasteiger partial charge in [-0.15, -0.1) is 12.4 Å². The van der Waals surface area contributed by atoms with E-state index in [1.54, 1.807) is 24.4 Å². The number of nitrogens with one attached hydrogen (secondary N) is 1. The van der Waals surface area contributed by atoms with Crippen molar-refractivity contribution in [2.75, 3.05) is 26.2 Å². The van der Waals surface area contributed by atoms with E-state index in [1.165, 1.54) is 0 Å². The third kappa shape index (κ3) is 6.33. The Balaban J connectivity index is 0.00000341. The van der Waals surface area contributed by atoms with Gasteiger partial charge in [-0.2, -0.15) is 0 Å². The number of halogens is 2. The Bertz CT molecular complexity index is 1060. The zero-order valence-corrected chi connectivity index (χ0v) is 19.5. The number of fused-ring (bicyclic) bond motifs is 1. The first-order valence-electron chi connectivity index (χ1n) is 10.4. The van der Waals surface area contributed by atoms with Gasteiger partial charge in [0.1, 0.15) is 5.56 Å². The topological polar surface area (TPSA) is 54.3 Å². The lowest BCUT2D eigenvalue weighted by Gasteiger charge is -2.18. The van der Waals surface area contributed by atoms with Crippen LogP contribution in [-0.4, -0.2) is 41.6 Å². The van der Waals surface area contributed by atoms with E-state index in [-0.39, 0.29) is 29.3 Å². The first-order chi connectivity index (χ1) is 14.5. The summed E-state index contributed by atoms with van der Waals surface area (Å²) in [5.74, 6) is -0.335. The van der Waals surface area contributed by atoms with Crippen LogP contribution in [0.15, 0.2) is 59.5 Å². The highest BCUT2D eigenvalue weighted by molar-refractivity contribution is 6.31. The maximum absolute atomic E-state index is 13.0. The molecule has 0 radical (unpaired) electrons. The third-order valence-corrected chi connectivity index (χ3v) is 5.55. The molecule has 3 aromatic rings. The summed E-state index contributed by atoms with van der Waals surface area (Å²) in [4.78, 5) is 28.1. The minimum Gasteiger partial charge on any atom is -0.352 e. The van der Waals surface area contributed by atoms with Gasteiger partial charge in [0.25, 0.3) is 5.91 Å². The predicted octanol–water partition coefficient (Wildman–Crippen LogP) is 4.59. The lowest BCUT2D eigenvalue weighted by atomic mass is 10.1. The monoisotopic (exact) mass is 461 g/mol. The fraction of sp³-hybridized carbons (Fsp3) is 0.333. The number of benzene rings is 2. The van der Waals surface area contributed by atoms with Gasteiger partial charge in [0.2, 0.25) is 5.43 Å². The maximum Gasteiger partial charge on any atom is 0.256 e. The average Bonchev–Trinajstić information content (AvgIpc) is 2.76. The van der Waals surface area contributed by atoms with E-state index >= 15 is 0 Å². The van der Waals surface area contributed by atoms with Crippen LogP contribution in [0.25, 0.3) is 10.9 Å². The summed E-state index contributed by atoms with van der Waals surface area (Å²) < 4.78 is 1.92. The number of carbonyl (C=O) groups excluding carboxylic acids is 1. The molecular weight excluding hydrogens is 433 g/mol. The van der Waals surface area contributed by atoms with Crippen molar-refractivity contribution >= 4 is 40.8 Å². The molecule has 1 aromatic heterocycles. The third-order valence-electron chi connectivity index (χ3n) is 5.31. The van der Waals surface area contributed by atoms with E-state index in [4.69, 9.17) is 11.6 Å². The van der Waals surface area contributed by atoms with Gasteiger partial charge in [-0.1, -0.05) is 55.8 Å². The second kappa shape index (κ2) is 11.9. The Morgan fingerprint density at radius 2 is 1.81 bits per heavy atom. The highest BCUT2D eigenvalue weighted by atomic mass is 35.5. The number of aromatic nitrogens is 1. The van der Waals surface area contributed by atoms with Crippen molar-refractivity contribution in [2.24, 2.45) is 0 Å². The SMILES string of the molecule is CCN(CC)CCCNC(=O)c1cn(Cc2ccccc2)c2cc(Cl)ccc2c1=O.Cl. The highest BCUT2D eigenvalue weighted by Crippen LogP contribution is 2.19. The Hall–Kier alpha value is -2.34. The highest BCUT2D eigenvalue weighted by Gasteiger charge is 2.16. The molecule has 2 aromatic carbocycles. The zero-order chi connectivity index (χ0) is 21.5. The largest absolute Gasteiger partial charge is 0.352 e. The summed E-state index contributed by atoms with van der Waals surface area (Å²) in [5.41, 5.74) is 1.68. The molecule has 166 valence electrons. The lowest BCUT2D eigenvalue weighted by molar-refractivity contribution is 0.0950. The summed E-state index contributed by atoms with van der Waals surface area (Å²) in [5, 5.41) is 3.95. The molecule has 0 aliphatic rings. The van der Waals surface area contributed by atoms with Crippen molar-refractivity contribution in [1.82, 2.24) is 14.8 Å². The summed E-state index contributed by atoms with van der Waals surface area (Å²) in [6.45, 7) is 8.22. The van der Waals surface area contributed by atoms with Gasteiger partial charge in [0, 0.05) is 29.7 Å². The molecule has 0 spiro atoms. The van der Waals surface area contributed by atoms with Crippen LogP contribution in [0.2, 0.25) is 5.02 Å². The van der Waals surface area contributed by atoms with Crippen molar-refractivity contribution in [3.8, 4) is 0 Å². The molecule has 1 amide bonds. The molecule has 0 unspecified atom stereocenters. The summed E-state index contributed by atoms with van der Waals surface area (Å²) in [6.07, 6.45) is 2.49. The fourth-order valence-corrected chi connectivity index (χ4v) is 3.74. The zero-order valence-electron chi connectivity index (χ0n) is 17.9. The Labute approximate surface area is 194 Å². The van der Waals surface area contributed by atoms with Crippen LogP contribution in [0.5, 0.6) is 0 Å². The normalized spacial score (nSPS) is 10.8. The Kier molecular flexibility index (Phi) is 9.56. The van der Waals surface area contributed by atoms with E-state index in [0.717, 1.165) is 37.1 Å². The standard InChI is InChI=1S/C24H28ClN3O2.ClH/c1-3-27(4-2)14-8-13-26-24(30)21-17-28(16-18-9-6-5-7-10-18)22-15-19(25)11-12-20(22)23(21)29;/h5-7,9-12,15,17H,3-4,8,13-14,16H2,1-2H3,(H,26,30);1H. The fourth-order valence-electron chi connectivity index (χ4n) is 3.58. The van der Waals surface area contributed by atoms with Crippen molar-refractivity contribution in [3.63, 3.8) is 0 Å². The van der Waals surface area contributed by atoms with Crippen molar-refractivity contribution in [2.45, 2.75) is 26.8 Å². The molecule has 1 heterocycles. The van der Waals surface area contributed by atoms with E-state index in [0.29, 0.717) is 23.5 Å². The second-order valence-electron chi connectivity index (χ2n) is 7.28. The molecule has 0 fully saturated rings.